The molecule has 0 radical (unpaired) electrons. The van der Waals surface area contributed by atoms with Gasteiger partial charge in [-0.15, -0.1) is 0 Å². The SMILES string of the molecule is Cc1ccc(C(=O)COC(C)C)c(Br)c1. The van der Waals surface area contributed by atoms with E-state index in [2.05, 4.69) is 15.9 Å². The number of benzene rings is 1. The molecule has 0 aliphatic carbocycles. The summed E-state index contributed by atoms with van der Waals surface area (Å²) >= 11 is 3.38. The summed E-state index contributed by atoms with van der Waals surface area (Å²) in [6.07, 6.45) is 0.0816. The van der Waals surface area contributed by atoms with Gasteiger partial charge in [0, 0.05) is 10.0 Å². The van der Waals surface area contributed by atoms with Gasteiger partial charge in [0.05, 0.1) is 6.10 Å². The molecule has 15 heavy (non-hydrogen) atoms. The van der Waals surface area contributed by atoms with Crippen molar-refractivity contribution in [1.82, 2.24) is 0 Å². The Morgan fingerprint density at radius 2 is 2.13 bits per heavy atom. The molecule has 3 heteroatoms. The summed E-state index contributed by atoms with van der Waals surface area (Å²) < 4.78 is 6.11. The summed E-state index contributed by atoms with van der Waals surface area (Å²) in [5.74, 6) is 0.00979. The van der Waals surface area contributed by atoms with Crippen LogP contribution in [0.1, 0.15) is 29.8 Å². The van der Waals surface area contributed by atoms with Crippen LogP contribution in [0.15, 0.2) is 22.7 Å². The summed E-state index contributed by atoms with van der Waals surface area (Å²) in [5.41, 5.74) is 1.81. The summed E-state index contributed by atoms with van der Waals surface area (Å²) in [7, 11) is 0. The highest BCUT2D eigenvalue weighted by molar-refractivity contribution is 9.10. The van der Waals surface area contributed by atoms with Gasteiger partial charge in [0.2, 0.25) is 0 Å². The van der Waals surface area contributed by atoms with Crippen LogP contribution in [0.25, 0.3) is 0 Å². The molecular weight excluding hydrogens is 256 g/mol. The van der Waals surface area contributed by atoms with Gasteiger partial charge < -0.3 is 4.74 Å². The van der Waals surface area contributed by atoms with Crippen LogP contribution in [0.2, 0.25) is 0 Å². The number of carbonyl (C=O) groups is 1. The van der Waals surface area contributed by atoms with Gasteiger partial charge in [-0.05, 0) is 38.5 Å². The molecule has 0 aromatic heterocycles. The number of Topliss-reactive ketones (excluding diaryl/α,β-unsaturated/α-hetero) is 1. The molecule has 1 aromatic rings. The molecule has 0 fully saturated rings. The molecule has 1 aromatic carbocycles. The second-order valence-corrected chi connectivity index (χ2v) is 4.62. The molecule has 0 N–H and O–H groups in total. The lowest BCUT2D eigenvalue weighted by Crippen LogP contribution is -2.13. The Morgan fingerprint density at radius 3 is 2.67 bits per heavy atom. The van der Waals surface area contributed by atoms with Gasteiger partial charge in [0.15, 0.2) is 5.78 Å². The summed E-state index contributed by atoms with van der Waals surface area (Å²) in [5, 5.41) is 0. The second kappa shape index (κ2) is 5.42. The first-order valence-corrected chi connectivity index (χ1v) is 5.71. The third-order valence-corrected chi connectivity index (χ3v) is 2.63. The van der Waals surface area contributed by atoms with E-state index in [0.717, 1.165) is 10.0 Å². The van der Waals surface area contributed by atoms with E-state index in [4.69, 9.17) is 4.74 Å². The van der Waals surface area contributed by atoms with Gasteiger partial charge in [0.1, 0.15) is 6.61 Å². The molecule has 0 aliphatic heterocycles. The van der Waals surface area contributed by atoms with Crippen LogP contribution < -0.4 is 0 Å². The predicted octanol–water partition coefficient (Wildman–Crippen LogP) is 3.37. The fraction of sp³-hybridized carbons (Fsp3) is 0.417. The van der Waals surface area contributed by atoms with E-state index in [1.54, 1.807) is 0 Å². The van der Waals surface area contributed by atoms with Crippen molar-refractivity contribution in [2.75, 3.05) is 6.61 Å². The Kier molecular flexibility index (Phi) is 4.48. The molecule has 0 spiro atoms. The molecular formula is C12H15BrO2. The standard InChI is InChI=1S/C12H15BrO2/c1-8(2)15-7-12(14)10-5-4-9(3)6-11(10)13/h4-6,8H,7H2,1-3H3. The number of hydrogen-bond acceptors (Lipinski definition) is 2. The Labute approximate surface area is 98.8 Å². The number of carbonyl (C=O) groups excluding carboxylic acids is 1. The Bertz CT molecular complexity index is 359. The zero-order valence-electron chi connectivity index (χ0n) is 9.21. The first kappa shape index (κ1) is 12.4. The van der Waals surface area contributed by atoms with Crippen LogP contribution in [0.5, 0.6) is 0 Å². The first-order valence-electron chi connectivity index (χ1n) is 4.91. The van der Waals surface area contributed by atoms with Gasteiger partial charge in [-0.3, -0.25) is 4.79 Å². The van der Waals surface area contributed by atoms with Crippen LogP contribution >= 0.6 is 15.9 Å². The molecule has 0 saturated carbocycles. The van der Waals surface area contributed by atoms with Gasteiger partial charge in [-0.1, -0.05) is 22.0 Å². The van der Waals surface area contributed by atoms with Crippen molar-refractivity contribution in [2.24, 2.45) is 0 Å². The molecule has 0 aliphatic rings. The molecule has 0 saturated heterocycles. The number of rotatable bonds is 4. The molecule has 0 atom stereocenters. The Morgan fingerprint density at radius 1 is 1.47 bits per heavy atom. The molecule has 0 unspecified atom stereocenters. The lowest BCUT2D eigenvalue weighted by atomic mass is 10.1. The summed E-state index contributed by atoms with van der Waals surface area (Å²) in [4.78, 5) is 11.7. The number of hydrogen-bond donors (Lipinski definition) is 0. The van der Waals surface area contributed by atoms with E-state index in [9.17, 15) is 4.79 Å². The van der Waals surface area contributed by atoms with E-state index in [1.807, 2.05) is 39.0 Å². The minimum atomic E-state index is 0.00979. The lowest BCUT2D eigenvalue weighted by molar-refractivity contribution is 0.0584. The minimum Gasteiger partial charge on any atom is -0.371 e. The number of halogens is 1. The van der Waals surface area contributed by atoms with E-state index in [0.29, 0.717) is 5.56 Å². The zero-order valence-corrected chi connectivity index (χ0v) is 10.8. The van der Waals surface area contributed by atoms with Crippen LogP contribution in [0, 0.1) is 6.92 Å². The maximum atomic E-state index is 11.7. The number of aryl methyl sites for hydroxylation is 1. The van der Waals surface area contributed by atoms with Crippen LogP contribution in [-0.4, -0.2) is 18.5 Å². The van der Waals surface area contributed by atoms with E-state index < -0.39 is 0 Å². The Hall–Kier alpha value is -0.670. The van der Waals surface area contributed by atoms with Gasteiger partial charge in [-0.25, -0.2) is 0 Å². The highest BCUT2D eigenvalue weighted by Crippen LogP contribution is 2.19. The molecule has 0 heterocycles. The van der Waals surface area contributed by atoms with E-state index >= 15 is 0 Å². The van der Waals surface area contributed by atoms with Crippen LogP contribution in [0.4, 0.5) is 0 Å². The molecule has 0 amide bonds. The van der Waals surface area contributed by atoms with Crippen molar-refractivity contribution in [3.8, 4) is 0 Å². The van der Waals surface area contributed by atoms with Crippen molar-refractivity contribution in [3.63, 3.8) is 0 Å². The lowest BCUT2D eigenvalue weighted by Gasteiger charge is -2.08. The summed E-state index contributed by atoms with van der Waals surface area (Å²) in [6, 6.07) is 5.68. The summed E-state index contributed by atoms with van der Waals surface area (Å²) in [6.45, 7) is 5.96. The van der Waals surface area contributed by atoms with Crippen molar-refractivity contribution in [1.29, 1.82) is 0 Å². The first-order chi connectivity index (χ1) is 7.00. The van der Waals surface area contributed by atoms with E-state index in [1.165, 1.54) is 0 Å². The van der Waals surface area contributed by atoms with Crippen LogP contribution in [-0.2, 0) is 4.74 Å². The smallest absolute Gasteiger partial charge is 0.189 e. The normalized spacial score (nSPS) is 10.7. The Balaban J connectivity index is 2.74. The van der Waals surface area contributed by atoms with Gasteiger partial charge in [0.25, 0.3) is 0 Å². The van der Waals surface area contributed by atoms with Gasteiger partial charge >= 0.3 is 0 Å². The maximum absolute atomic E-state index is 11.7. The van der Waals surface area contributed by atoms with Crippen LogP contribution in [0.3, 0.4) is 0 Å². The fourth-order valence-electron chi connectivity index (χ4n) is 1.17. The third-order valence-electron chi connectivity index (χ3n) is 1.97. The van der Waals surface area contributed by atoms with Crippen molar-refractivity contribution in [3.05, 3.63) is 33.8 Å². The minimum absolute atomic E-state index is 0.00979. The highest BCUT2D eigenvalue weighted by Gasteiger charge is 2.10. The molecule has 2 nitrogen and oxygen atoms in total. The van der Waals surface area contributed by atoms with Gasteiger partial charge in [-0.2, -0.15) is 0 Å². The molecule has 0 bridgehead atoms. The average Bonchev–Trinajstić information content (AvgIpc) is 2.14. The molecule has 82 valence electrons. The topological polar surface area (TPSA) is 26.3 Å². The van der Waals surface area contributed by atoms with Crippen molar-refractivity contribution in [2.45, 2.75) is 26.9 Å². The average molecular weight is 271 g/mol. The predicted molar refractivity (Wildman–Crippen MR) is 64.3 cm³/mol. The monoisotopic (exact) mass is 270 g/mol. The maximum Gasteiger partial charge on any atom is 0.189 e. The second-order valence-electron chi connectivity index (χ2n) is 3.77. The number of ketones is 1. The fourth-order valence-corrected chi connectivity index (χ4v) is 1.88. The number of ether oxygens (including phenoxy) is 1. The zero-order chi connectivity index (χ0) is 11.4. The molecule has 1 rings (SSSR count). The third kappa shape index (κ3) is 3.76. The van der Waals surface area contributed by atoms with E-state index in [-0.39, 0.29) is 18.5 Å². The van der Waals surface area contributed by atoms with Crippen molar-refractivity contribution >= 4 is 21.7 Å². The van der Waals surface area contributed by atoms with Crippen molar-refractivity contribution < 1.29 is 9.53 Å². The highest BCUT2D eigenvalue weighted by atomic mass is 79.9. The largest absolute Gasteiger partial charge is 0.371 e. The quantitative estimate of drug-likeness (QED) is 0.785.